The van der Waals surface area contributed by atoms with Crippen LogP contribution in [-0.4, -0.2) is 71.5 Å². The maximum Gasteiger partial charge on any atom is 0.236 e. The van der Waals surface area contributed by atoms with Crippen molar-refractivity contribution >= 4 is 11.7 Å². The largest absolute Gasteiger partial charge is 0.353 e. The Morgan fingerprint density at radius 2 is 1.71 bits per heavy atom. The fraction of sp³-hybridized carbons (Fsp3) is 0.722. The van der Waals surface area contributed by atoms with Crippen molar-refractivity contribution in [3.05, 3.63) is 18.6 Å². The van der Waals surface area contributed by atoms with Gasteiger partial charge in [-0.1, -0.05) is 27.7 Å². The van der Waals surface area contributed by atoms with Crippen LogP contribution in [0.4, 0.5) is 5.82 Å². The fourth-order valence-electron chi connectivity index (χ4n) is 3.04. The van der Waals surface area contributed by atoms with Gasteiger partial charge in [-0.3, -0.25) is 14.7 Å². The van der Waals surface area contributed by atoms with Crippen LogP contribution in [0.2, 0.25) is 0 Å². The van der Waals surface area contributed by atoms with Crippen molar-refractivity contribution in [2.75, 3.05) is 50.7 Å². The van der Waals surface area contributed by atoms with Crippen LogP contribution < -0.4 is 4.90 Å². The summed E-state index contributed by atoms with van der Waals surface area (Å²) >= 11 is 0. The first-order valence-electron chi connectivity index (χ1n) is 8.96. The molecule has 0 radical (unpaired) electrons. The Hall–Kier alpha value is -1.69. The third-order valence-corrected chi connectivity index (χ3v) is 4.13. The molecule has 0 N–H and O–H groups in total. The second kappa shape index (κ2) is 8.97. The lowest BCUT2D eigenvalue weighted by molar-refractivity contribution is -0.133. The molecule has 0 unspecified atom stereocenters. The Morgan fingerprint density at radius 1 is 1.08 bits per heavy atom. The zero-order chi connectivity index (χ0) is 17.5. The van der Waals surface area contributed by atoms with Crippen LogP contribution in [0.3, 0.4) is 0 Å². The van der Waals surface area contributed by atoms with E-state index in [0.717, 1.165) is 45.1 Å². The summed E-state index contributed by atoms with van der Waals surface area (Å²) in [5.41, 5.74) is 0. The molecule has 1 saturated heterocycles. The van der Waals surface area contributed by atoms with Crippen LogP contribution in [-0.2, 0) is 4.79 Å². The zero-order valence-corrected chi connectivity index (χ0v) is 15.5. The summed E-state index contributed by atoms with van der Waals surface area (Å²) in [5.74, 6) is 2.18. The number of hydrogen-bond donors (Lipinski definition) is 0. The molecule has 1 aliphatic heterocycles. The number of nitrogens with zero attached hydrogens (tertiary/aromatic N) is 5. The van der Waals surface area contributed by atoms with Gasteiger partial charge in [0.1, 0.15) is 5.82 Å². The van der Waals surface area contributed by atoms with Gasteiger partial charge in [0, 0.05) is 51.7 Å². The predicted octanol–water partition coefficient (Wildman–Crippen LogP) is 1.74. The van der Waals surface area contributed by atoms with Crippen molar-refractivity contribution in [3.8, 4) is 0 Å². The lowest BCUT2D eigenvalue weighted by Gasteiger charge is -2.36. The fourth-order valence-corrected chi connectivity index (χ4v) is 3.04. The Labute approximate surface area is 145 Å². The van der Waals surface area contributed by atoms with Gasteiger partial charge < -0.3 is 9.80 Å². The van der Waals surface area contributed by atoms with Crippen molar-refractivity contribution < 1.29 is 4.79 Å². The number of rotatable bonds is 7. The number of amides is 1. The van der Waals surface area contributed by atoms with E-state index in [4.69, 9.17) is 0 Å². The molecule has 0 saturated carbocycles. The van der Waals surface area contributed by atoms with Crippen LogP contribution in [0.5, 0.6) is 0 Å². The molecular weight excluding hydrogens is 302 g/mol. The molecule has 24 heavy (non-hydrogen) atoms. The molecule has 6 nitrogen and oxygen atoms in total. The van der Waals surface area contributed by atoms with Gasteiger partial charge >= 0.3 is 0 Å². The van der Waals surface area contributed by atoms with Crippen LogP contribution >= 0.6 is 0 Å². The average molecular weight is 333 g/mol. The summed E-state index contributed by atoms with van der Waals surface area (Å²) in [6.45, 7) is 14.4. The molecule has 2 rings (SSSR count). The van der Waals surface area contributed by atoms with E-state index in [0.29, 0.717) is 18.4 Å². The highest BCUT2D eigenvalue weighted by Crippen LogP contribution is 2.12. The van der Waals surface area contributed by atoms with E-state index < -0.39 is 0 Å². The molecule has 0 atom stereocenters. The molecule has 6 heteroatoms. The summed E-state index contributed by atoms with van der Waals surface area (Å²) in [6, 6.07) is 0. The SMILES string of the molecule is CC(C)CN(CC(C)C)C(=O)CN1CCN(c2cnccn2)CC1. The molecule has 0 bridgehead atoms. The third-order valence-electron chi connectivity index (χ3n) is 4.13. The molecule has 2 heterocycles. The molecule has 1 amide bonds. The number of aromatic nitrogens is 2. The van der Waals surface area contributed by atoms with E-state index in [1.807, 2.05) is 4.90 Å². The van der Waals surface area contributed by atoms with Gasteiger partial charge in [-0.15, -0.1) is 0 Å². The number of carbonyl (C=O) groups excluding carboxylic acids is 1. The Morgan fingerprint density at radius 3 is 2.21 bits per heavy atom. The highest BCUT2D eigenvalue weighted by Gasteiger charge is 2.23. The molecule has 0 spiro atoms. The molecule has 0 aromatic carbocycles. The number of hydrogen-bond acceptors (Lipinski definition) is 5. The second-order valence-corrected chi connectivity index (χ2v) is 7.41. The van der Waals surface area contributed by atoms with Crippen molar-refractivity contribution in [1.82, 2.24) is 19.8 Å². The first-order valence-corrected chi connectivity index (χ1v) is 8.96. The molecule has 0 aliphatic carbocycles. The van der Waals surface area contributed by atoms with Gasteiger partial charge in [-0.2, -0.15) is 0 Å². The van der Waals surface area contributed by atoms with Gasteiger partial charge in [-0.25, -0.2) is 4.98 Å². The highest BCUT2D eigenvalue weighted by atomic mass is 16.2. The lowest BCUT2D eigenvalue weighted by atomic mass is 10.1. The normalized spacial score (nSPS) is 16.0. The molecule has 134 valence electrons. The van der Waals surface area contributed by atoms with Crippen LogP contribution in [0, 0.1) is 11.8 Å². The molecule has 1 fully saturated rings. The summed E-state index contributed by atoms with van der Waals surface area (Å²) in [7, 11) is 0. The van der Waals surface area contributed by atoms with Crippen LogP contribution in [0.15, 0.2) is 18.6 Å². The van der Waals surface area contributed by atoms with Crippen molar-refractivity contribution in [2.24, 2.45) is 11.8 Å². The van der Waals surface area contributed by atoms with E-state index in [1.165, 1.54) is 0 Å². The minimum Gasteiger partial charge on any atom is -0.353 e. The van der Waals surface area contributed by atoms with Gasteiger partial charge in [-0.05, 0) is 11.8 Å². The summed E-state index contributed by atoms with van der Waals surface area (Å²) in [4.78, 5) is 27.7. The first-order chi connectivity index (χ1) is 11.5. The van der Waals surface area contributed by atoms with Crippen molar-refractivity contribution in [2.45, 2.75) is 27.7 Å². The van der Waals surface area contributed by atoms with Gasteiger partial charge in [0.15, 0.2) is 0 Å². The maximum absolute atomic E-state index is 12.7. The van der Waals surface area contributed by atoms with E-state index in [-0.39, 0.29) is 5.91 Å². The quantitative estimate of drug-likeness (QED) is 0.761. The molecule has 1 aliphatic rings. The van der Waals surface area contributed by atoms with Crippen molar-refractivity contribution in [1.29, 1.82) is 0 Å². The monoisotopic (exact) mass is 333 g/mol. The van der Waals surface area contributed by atoms with E-state index in [2.05, 4.69) is 47.5 Å². The molecule has 1 aromatic rings. The van der Waals surface area contributed by atoms with E-state index in [1.54, 1.807) is 18.6 Å². The Bertz CT molecular complexity index is 487. The average Bonchev–Trinajstić information content (AvgIpc) is 2.55. The minimum absolute atomic E-state index is 0.255. The maximum atomic E-state index is 12.7. The summed E-state index contributed by atoms with van der Waals surface area (Å²) < 4.78 is 0. The predicted molar refractivity (Wildman–Crippen MR) is 96.9 cm³/mol. The van der Waals surface area contributed by atoms with Crippen LogP contribution in [0.25, 0.3) is 0 Å². The summed E-state index contributed by atoms with van der Waals surface area (Å²) in [6.07, 6.45) is 5.21. The number of carbonyl (C=O) groups is 1. The van der Waals surface area contributed by atoms with E-state index >= 15 is 0 Å². The number of piperazine rings is 1. The third kappa shape index (κ3) is 5.74. The first kappa shape index (κ1) is 18.6. The Balaban J connectivity index is 1.84. The highest BCUT2D eigenvalue weighted by molar-refractivity contribution is 5.78. The van der Waals surface area contributed by atoms with Gasteiger partial charge in [0.05, 0.1) is 12.7 Å². The minimum atomic E-state index is 0.255. The standard InChI is InChI=1S/C18H31N5O/c1-15(2)12-23(13-16(3)4)18(24)14-21-7-9-22(10-8-21)17-11-19-5-6-20-17/h5-6,11,15-16H,7-10,12-14H2,1-4H3. The summed E-state index contributed by atoms with van der Waals surface area (Å²) in [5, 5.41) is 0. The second-order valence-electron chi connectivity index (χ2n) is 7.41. The van der Waals surface area contributed by atoms with Gasteiger partial charge in [0.2, 0.25) is 5.91 Å². The number of anilines is 1. The lowest BCUT2D eigenvalue weighted by Crippen LogP contribution is -2.51. The topological polar surface area (TPSA) is 52.6 Å². The smallest absolute Gasteiger partial charge is 0.236 e. The van der Waals surface area contributed by atoms with Gasteiger partial charge in [0.25, 0.3) is 0 Å². The van der Waals surface area contributed by atoms with Crippen LogP contribution in [0.1, 0.15) is 27.7 Å². The molecular formula is C18H31N5O. The van der Waals surface area contributed by atoms with Crippen molar-refractivity contribution in [3.63, 3.8) is 0 Å². The van der Waals surface area contributed by atoms with E-state index in [9.17, 15) is 4.79 Å². The molecule has 1 aromatic heterocycles. The zero-order valence-electron chi connectivity index (χ0n) is 15.5. The Kier molecular flexibility index (Phi) is 6.97.